The molecule has 0 spiro atoms. The van der Waals surface area contributed by atoms with E-state index in [1.807, 2.05) is 12.1 Å². The van der Waals surface area contributed by atoms with Crippen LogP contribution in [0.5, 0.6) is 0 Å². The molecule has 0 aliphatic heterocycles. The van der Waals surface area contributed by atoms with Crippen molar-refractivity contribution in [1.29, 1.82) is 0 Å². The van der Waals surface area contributed by atoms with Crippen LogP contribution in [0.25, 0.3) is 6.08 Å². The van der Waals surface area contributed by atoms with E-state index in [0.717, 1.165) is 32.1 Å². The Hall–Kier alpha value is 0.110. The molecule has 2 aliphatic rings. The number of halogens is 2. The number of primary amides is 1. The van der Waals surface area contributed by atoms with E-state index >= 15 is 0 Å². The summed E-state index contributed by atoms with van der Waals surface area (Å²) in [6.07, 6.45) is 8.97. The number of rotatable bonds is 3. The predicted octanol–water partition coefficient (Wildman–Crippen LogP) is 5.61. The van der Waals surface area contributed by atoms with Gasteiger partial charge in [0.2, 0.25) is 0 Å². The van der Waals surface area contributed by atoms with Gasteiger partial charge >= 0.3 is 153 Å². The minimum absolute atomic E-state index is 0.000428. The molecule has 2 nitrogen and oxygen atoms in total. The van der Waals surface area contributed by atoms with Crippen molar-refractivity contribution in [2.75, 3.05) is 0 Å². The van der Waals surface area contributed by atoms with Crippen LogP contribution in [0.1, 0.15) is 46.9 Å². The number of fused-ring (bicyclic) bond motifs is 1. The first-order valence-corrected chi connectivity index (χ1v) is 23.9. The first-order chi connectivity index (χ1) is 11.2. The van der Waals surface area contributed by atoms with Gasteiger partial charge in [0, 0.05) is 0 Å². The zero-order valence-corrected chi connectivity index (χ0v) is 19.3. The Morgan fingerprint density at radius 3 is 2.42 bits per heavy atom. The number of carbonyl (C=O) groups is 1. The third kappa shape index (κ3) is 2.40. The maximum atomic E-state index is 12.8. The molecule has 24 heavy (non-hydrogen) atoms. The Bertz CT molecular complexity index is 786. The van der Waals surface area contributed by atoms with Gasteiger partial charge in [0.05, 0.1) is 0 Å². The fourth-order valence-corrected chi connectivity index (χ4v) is 36.1. The summed E-state index contributed by atoms with van der Waals surface area (Å²) in [7, 11) is 15.3. The van der Waals surface area contributed by atoms with E-state index in [1.54, 1.807) is 0 Å². The molecule has 1 saturated carbocycles. The van der Waals surface area contributed by atoms with Gasteiger partial charge in [-0.05, 0) is 0 Å². The number of amides is 1. The topological polar surface area (TPSA) is 43.1 Å². The van der Waals surface area contributed by atoms with Gasteiger partial charge in [-0.2, -0.15) is 0 Å². The first kappa shape index (κ1) is 18.9. The summed E-state index contributed by atoms with van der Waals surface area (Å²) >= 11 is -4.62. The van der Waals surface area contributed by atoms with Gasteiger partial charge in [-0.1, -0.05) is 0 Å². The van der Waals surface area contributed by atoms with Crippen molar-refractivity contribution in [2.45, 2.75) is 51.9 Å². The SMILES string of the molecule is C[Si](C)=[Zr]([Cl])([Cl])([CH]1C=Cc2ccccc21)[C]1(C(N)=O)CCCCC1. The van der Waals surface area contributed by atoms with Crippen LogP contribution in [0, 0.1) is 0 Å². The molecule has 1 atom stereocenters. The summed E-state index contributed by atoms with van der Waals surface area (Å²) in [5, 5.41) is 0. The number of hydrogen-bond donors (Lipinski definition) is 1. The molecular formula is C18H25Cl2NOSiZr. The molecule has 0 radical (unpaired) electrons. The molecule has 1 aromatic carbocycles. The minimum atomic E-state index is -4.62. The summed E-state index contributed by atoms with van der Waals surface area (Å²) in [6, 6.07) is 8.30. The number of allylic oxidation sites excluding steroid dienone is 1. The molecule has 1 unspecified atom stereocenters. The van der Waals surface area contributed by atoms with E-state index in [-0.39, 0.29) is 9.53 Å². The number of carbonyl (C=O) groups excluding carboxylic acids is 1. The molecule has 0 bridgehead atoms. The van der Waals surface area contributed by atoms with E-state index in [9.17, 15) is 4.79 Å². The van der Waals surface area contributed by atoms with Gasteiger partial charge in [0.1, 0.15) is 0 Å². The normalized spacial score (nSPS) is 23.0. The van der Waals surface area contributed by atoms with Crippen LogP contribution in [-0.2, 0) is 19.8 Å². The standard InChI is InChI=1S/C9H7.C7H12NO.C2H6Si.2ClH.Zr/c1-2-5-9-7-3-6-8(9)4-1;8-7(9)6-4-2-1-3-5-6;1-3-2;;;/h1-7H;1-5H2,(H2,8,9);1-2H3;2*1H;/q;;;;;+2/p-2. The molecule has 3 rings (SSSR count). The molecular weight excluding hydrogens is 436 g/mol. The molecule has 2 aliphatic carbocycles. The van der Waals surface area contributed by atoms with E-state index < -0.39 is 23.6 Å². The Kier molecular flexibility index (Phi) is 5.01. The van der Waals surface area contributed by atoms with Gasteiger partial charge in [-0.15, -0.1) is 0 Å². The van der Waals surface area contributed by atoms with Crippen LogP contribution in [0.3, 0.4) is 0 Å². The van der Waals surface area contributed by atoms with Crippen LogP contribution >= 0.6 is 17.0 Å². The van der Waals surface area contributed by atoms with Crippen molar-refractivity contribution < 1.29 is 19.8 Å². The molecule has 0 saturated heterocycles. The van der Waals surface area contributed by atoms with E-state index in [2.05, 4.69) is 37.4 Å². The fourth-order valence-electron chi connectivity index (χ4n) is 4.86. The molecule has 130 valence electrons. The molecule has 1 aromatic rings. The summed E-state index contributed by atoms with van der Waals surface area (Å²) in [6.45, 7) is 4.40. The quantitative estimate of drug-likeness (QED) is 0.584. The second-order valence-electron chi connectivity index (χ2n) is 7.55. The Labute approximate surface area is 152 Å². The van der Waals surface area contributed by atoms with Crippen molar-refractivity contribution in [2.24, 2.45) is 5.73 Å². The molecule has 0 aromatic heterocycles. The van der Waals surface area contributed by atoms with Gasteiger partial charge in [-0.3, -0.25) is 0 Å². The van der Waals surface area contributed by atoms with Crippen molar-refractivity contribution in [3.05, 3.63) is 41.5 Å². The third-order valence-electron chi connectivity index (χ3n) is 6.32. The number of benzene rings is 1. The summed E-state index contributed by atoms with van der Waals surface area (Å²) in [5.41, 5.74) is 7.31. The van der Waals surface area contributed by atoms with Gasteiger partial charge < -0.3 is 0 Å². The van der Waals surface area contributed by atoms with E-state index in [4.69, 9.17) is 22.8 Å². The predicted molar refractivity (Wildman–Crippen MR) is 102 cm³/mol. The second-order valence-corrected chi connectivity index (χ2v) is 46.5. The summed E-state index contributed by atoms with van der Waals surface area (Å²) in [5.74, 6) is -0.248. The Balaban J connectivity index is 2.32. The Morgan fingerprint density at radius 2 is 1.83 bits per heavy atom. The van der Waals surface area contributed by atoms with Crippen molar-refractivity contribution >= 4 is 34.4 Å². The van der Waals surface area contributed by atoms with E-state index in [0.29, 0.717) is 0 Å². The average molecular weight is 462 g/mol. The van der Waals surface area contributed by atoms with Gasteiger partial charge in [-0.25, -0.2) is 0 Å². The fraction of sp³-hybridized carbons (Fsp3) is 0.500. The summed E-state index contributed by atoms with van der Waals surface area (Å²) < 4.78 is -0.673. The average Bonchev–Trinajstić information content (AvgIpc) is 3.00. The van der Waals surface area contributed by atoms with Crippen LogP contribution in [0.4, 0.5) is 0 Å². The van der Waals surface area contributed by atoms with Crippen molar-refractivity contribution in [1.82, 2.24) is 0 Å². The molecule has 2 N–H and O–H groups in total. The number of nitrogens with two attached hydrogens (primary N) is 1. The third-order valence-corrected chi connectivity index (χ3v) is 56.9. The molecule has 6 heteroatoms. The second kappa shape index (κ2) is 6.37. The van der Waals surface area contributed by atoms with Crippen LogP contribution in [0.2, 0.25) is 16.2 Å². The molecule has 1 amide bonds. The van der Waals surface area contributed by atoms with Crippen LogP contribution in [-0.4, -0.2) is 11.3 Å². The van der Waals surface area contributed by atoms with Gasteiger partial charge in [0.15, 0.2) is 0 Å². The summed E-state index contributed by atoms with van der Waals surface area (Å²) in [4.78, 5) is 12.8. The number of hydrogen-bond acceptors (Lipinski definition) is 1. The van der Waals surface area contributed by atoms with Crippen molar-refractivity contribution in [3.8, 4) is 0 Å². The van der Waals surface area contributed by atoms with Crippen LogP contribution < -0.4 is 5.73 Å². The zero-order valence-electron chi connectivity index (χ0n) is 14.3. The van der Waals surface area contributed by atoms with Crippen LogP contribution in [0.15, 0.2) is 30.3 Å². The zero-order chi connectivity index (χ0) is 17.6. The van der Waals surface area contributed by atoms with E-state index in [1.165, 1.54) is 11.1 Å². The Morgan fingerprint density at radius 1 is 1.21 bits per heavy atom. The molecule has 1 fully saturated rings. The first-order valence-electron chi connectivity index (χ1n) is 8.69. The maximum absolute atomic E-state index is 12.8. The van der Waals surface area contributed by atoms with Gasteiger partial charge in [0.25, 0.3) is 0 Å². The monoisotopic (exact) mass is 459 g/mol. The van der Waals surface area contributed by atoms with Crippen molar-refractivity contribution in [3.63, 3.8) is 0 Å². The molecule has 0 heterocycles.